The summed E-state index contributed by atoms with van der Waals surface area (Å²) in [6.45, 7) is 3.27. The molecule has 0 bridgehead atoms. The summed E-state index contributed by atoms with van der Waals surface area (Å²) in [6.07, 6.45) is 3.21. The standard InChI is InChI=1S/C19H20N2O2/c1-12-17-15(7-4-8-16(17)22)20-18(12)19(23)21-10-9-13-5-2-3-6-14(13)11-21/h2-3,5-6,20H,4,7-11H2,1H3. The van der Waals surface area contributed by atoms with Crippen LogP contribution >= 0.6 is 0 Å². The number of hydrogen-bond donors (Lipinski definition) is 1. The first kappa shape index (κ1) is 14.2. The molecule has 1 aromatic carbocycles. The van der Waals surface area contributed by atoms with Gasteiger partial charge in [-0.2, -0.15) is 0 Å². The van der Waals surface area contributed by atoms with Crippen molar-refractivity contribution < 1.29 is 9.59 Å². The highest BCUT2D eigenvalue weighted by atomic mass is 16.2. The molecule has 0 fully saturated rings. The molecule has 0 unspecified atom stereocenters. The van der Waals surface area contributed by atoms with E-state index in [0.29, 0.717) is 18.7 Å². The molecule has 0 saturated carbocycles. The number of nitrogens with one attached hydrogen (secondary N) is 1. The first-order valence-electron chi connectivity index (χ1n) is 8.26. The monoisotopic (exact) mass is 308 g/mol. The summed E-state index contributed by atoms with van der Waals surface area (Å²) in [5.41, 5.74) is 5.68. The Labute approximate surface area is 135 Å². The number of aromatic amines is 1. The third-order valence-electron chi connectivity index (χ3n) is 5.07. The van der Waals surface area contributed by atoms with Crippen molar-refractivity contribution in [3.05, 3.63) is 57.9 Å². The van der Waals surface area contributed by atoms with Crippen molar-refractivity contribution in [1.82, 2.24) is 9.88 Å². The molecule has 2 aliphatic rings. The van der Waals surface area contributed by atoms with E-state index in [4.69, 9.17) is 0 Å². The molecule has 1 amide bonds. The van der Waals surface area contributed by atoms with E-state index in [1.54, 1.807) is 0 Å². The molecule has 1 aliphatic heterocycles. The number of carbonyl (C=O) groups excluding carboxylic acids is 2. The largest absolute Gasteiger partial charge is 0.354 e. The minimum atomic E-state index is 0.0132. The van der Waals surface area contributed by atoms with Crippen molar-refractivity contribution in [1.29, 1.82) is 0 Å². The second-order valence-corrected chi connectivity index (χ2v) is 6.50. The van der Waals surface area contributed by atoms with Crippen LogP contribution in [0.2, 0.25) is 0 Å². The van der Waals surface area contributed by atoms with Crippen LogP contribution in [0.1, 0.15) is 56.1 Å². The predicted molar refractivity (Wildman–Crippen MR) is 87.7 cm³/mol. The SMILES string of the molecule is Cc1c(C(=O)N2CCc3ccccc3C2)[nH]c2c1C(=O)CCC2. The maximum Gasteiger partial charge on any atom is 0.270 e. The van der Waals surface area contributed by atoms with E-state index in [1.807, 2.05) is 24.0 Å². The number of ketones is 1. The summed E-state index contributed by atoms with van der Waals surface area (Å²) in [7, 11) is 0. The van der Waals surface area contributed by atoms with Crippen molar-refractivity contribution in [2.24, 2.45) is 0 Å². The first-order chi connectivity index (χ1) is 11.1. The molecule has 1 aliphatic carbocycles. The molecule has 0 atom stereocenters. The van der Waals surface area contributed by atoms with Crippen LogP contribution in [0.15, 0.2) is 24.3 Å². The lowest BCUT2D eigenvalue weighted by Crippen LogP contribution is -2.36. The highest BCUT2D eigenvalue weighted by molar-refractivity contribution is 6.04. The fraction of sp³-hybridized carbons (Fsp3) is 0.368. The third-order valence-corrected chi connectivity index (χ3v) is 5.07. The number of aromatic nitrogens is 1. The van der Waals surface area contributed by atoms with Gasteiger partial charge in [0.2, 0.25) is 0 Å². The quantitative estimate of drug-likeness (QED) is 0.880. The summed E-state index contributed by atoms with van der Waals surface area (Å²) in [5.74, 6) is 0.183. The number of carbonyl (C=O) groups is 2. The molecule has 2 aromatic rings. The van der Waals surface area contributed by atoms with Crippen LogP contribution in [0, 0.1) is 6.92 Å². The molecule has 0 spiro atoms. The van der Waals surface area contributed by atoms with Gasteiger partial charge < -0.3 is 9.88 Å². The fourth-order valence-electron chi connectivity index (χ4n) is 3.82. The zero-order chi connectivity index (χ0) is 16.0. The Morgan fingerprint density at radius 2 is 1.91 bits per heavy atom. The van der Waals surface area contributed by atoms with Gasteiger partial charge in [-0.25, -0.2) is 0 Å². The molecule has 4 nitrogen and oxygen atoms in total. The van der Waals surface area contributed by atoms with Crippen molar-refractivity contribution in [2.45, 2.75) is 39.2 Å². The molecule has 2 heterocycles. The lowest BCUT2D eigenvalue weighted by atomic mass is 9.93. The van der Waals surface area contributed by atoms with Crippen molar-refractivity contribution >= 4 is 11.7 Å². The molecule has 4 rings (SSSR count). The van der Waals surface area contributed by atoms with Crippen molar-refractivity contribution in [2.75, 3.05) is 6.54 Å². The maximum atomic E-state index is 12.9. The number of Topliss-reactive ketones (excluding diaryl/α,β-unsaturated/α-hetero) is 1. The number of hydrogen-bond acceptors (Lipinski definition) is 2. The Bertz CT molecular complexity index is 804. The molecule has 1 N–H and O–H groups in total. The van der Waals surface area contributed by atoms with E-state index in [2.05, 4.69) is 17.1 Å². The van der Waals surface area contributed by atoms with E-state index in [9.17, 15) is 9.59 Å². The minimum Gasteiger partial charge on any atom is -0.354 e. The predicted octanol–water partition coefficient (Wildman–Crippen LogP) is 3.04. The number of benzene rings is 1. The Morgan fingerprint density at radius 3 is 2.70 bits per heavy atom. The molecule has 23 heavy (non-hydrogen) atoms. The summed E-state index contributed by atoms with van der Waals surface area (Å²) >= 11 is 0. The number of rotatable bonds is 1. The highest BCUT2D eigenvalue weighted by Crippen LogP contribution is 2.28. The zero-order valence-corrected chi connectivity index (χ0v) is 13.3. The zero-order valence-electron chi connectivity index (χ0n) is 13.3. The van der Waals surface area contributed by atoms with Crippen LogP contribution in [0.25, 0.3) is 0 Å². The molecular formula is C19H20N2O2. The topological polar surface area (TPSA) is 53.2 Å². The molecular weight excluding hydrogens is 288 g/mol. The van der Waals surface area contributed by atoms with Gasteiger partial charge in [0, 0.05) is 30.8 Å². The van der Waals surface area contributed by atoms with Crippen LogP contribution in [-0.2, 0) is 19.4 Å². The maximum absolute atomic E-state index is 12.9. The average Bonchev–Trinajstić information content (AvgIpc) is 2.92. The van der Waals surface area contributed by atoms with Crippen LogP contribution in [-0.4, -0.2) is 28.1 Å². The molecule has 0 radical (unpaired) electrons. The van der Waals surface area contributed by atoms with Gasteiger partial charge in [-0.1, -0.05) is 24.3 Å². The minimum absolute atomic E-state index is 0.0132. The summed E-state index contributed by atoms with van der Waals surface area (Å²) in [6, 6.07) is 8.29. The number of H-pyrrole nitrogens is 1. The average molecular weight is 308 g/mol. The Hall–Kier alpha value is -2.36. The van der Waals surface area contributed by atoms with Crippen LogP contribution in [0.3, 0.4) is 0 Å². The molecule has 118 valence electrons. The first-order valence-corrected chi connectivity index (χ1v) is 8.26. The van der Waals surface area contributed by atoms with Crippen LogP contribution in [0.5, 0.6) is 0 Å². The Balaban J connectivity index is 1.65. The van der Waals surface area contributed by atoms with E-state index < -0.39 is 0 Å². The van der Waals surface area contributed by atoms with E-state index in [-0.39, 0.29) is 11.7 Å². The van der Waals surface area contributed by atoms with Crippen LogP contribution in [0.4, 0.5) is 0 Å². The van der Waals surface area contributed by atoms with Crippen molar-refractivity contribution in [3.8, 4) is 0 Å². The Morgan fingerprint density at radius 1 is 1.13 bits per heavy atom. The highest BCUT2D eigenvalue weighted by Gasteiger charge is 2.29. The van der Waals surface area contributed by atoms with Gasteiger partial charge in [0.15, 0.2) is 5.78 Å². The second-order valence-electron chi connectivity index (χ2n) is 6.50. The molecule has 1 aromatic heterocycles. The molecule has 4 heteroatoms. The summed E-state index contributed by atoms with van der Waals surface area (Å²) in [5, 5.41) is 0. The summed E-state index contributed by atoms with van der Waals surface area (Å²) in [4.78, 5) is 30.2. The lowest BCUT2D eigenvalue weighted by molar-refractivity contribution is 0.0728. The third kappa shape index (κ3) is 2.29. The molecule has 0 saturated heterocycles. The normalized spacial score (nSPS) is 16.9. The number of aryl methyl sites for hydroxylation is 1. The number of amides is 1. The van der Waals surface area contributed by atoms with Crippen molar-refractivity contribution in [3.63, 3.8) is 0 Å². The smallest absolute Gasteiger partial charge is 0.270 e. The van der Waals surface area contributed by atoms with Gasteiger partial charge in [-0.15, -0.1) is 0 Å². The van der Waals surface area contributed by atoms with Gasteiger partial charge in [0.1, 0.15) is 5.69 Å². The van der Waals surface area contributed by atoms with Gasteiger partial charge in [-0.05, 0) is 42.9 Å². The van der Waals surface area contributed by atoms with Gasteiger partial charge in [0.05, 0.1) is 0 Å². The van der Waals surface area contributed by atoms with E-state index in [1.165, 1.54) is 11.1 Å². The fourth-order valence-corrected chi connectivity index (χ4v) is 3.82. The van der Waals surface area contributed by atoms with E-state index >= 15 is 0 Å². The van der Waals surface area contributed by atoms with Gasteiger partial charge in [-0.3, -0.25) is 9.59 Å². The number of fused-ring (bicyclic) bond motifs is 2. The Kier molecular flexibility index (Phi) is 3.33. The van der Waals surface area contributed by atoms with Gasteiger partial charge >= 0.3 is 0 Å². The van der Waals surface area contributed by atoms with Crippen LogP contribution < -0.4 is 0 Å². The van der Waals surface area contributed by atoms with E-state index in [0.717, 1.165) is 42.6 Å². The second kappa shape index (κ2) is 5.37. The number of nitrogens with zero attached hydrogens (tertiary/aromatic N) is 1. The lowest BCUT2D eigenvalue weighted by Gasteiger charge is -2.28. The summed E-state index contributed by atoms with van der Waals surface area (Å²) < 4.78 is 0. The van der Waals surface area contributed by atoms with Gasteiger partial charge in [0.25, 0.3) is 5.91 Å².